The molecule has 0 nitrogen and oxygen atoms in total. The van der Waals surface area contributed by atoms with E-state index in [0.717, 1.165) is 0 Å². The van der Waals surface area contributed by atoms with Crippen LogP contribution in [0.15, 0.2) is 206 Å². The molecule has 0 heteroatoms. The summed E-state index contributed by atoms with van der Waals surface area (Å²) >= 11 is 0. The van der Waals surface area contributed by atoms with Crippen molar-refractivity contribution in [3.8, 4) is 55.6 Å². The van der Waals surface area contributed by atoms with Gasteiger partial charge in [-0.2, -0.15) is 0 Å². The molecule has 10 aromatic rings. The number of hydrogen-bond donors (Lipinski definition) is 0. The molecule has 0 saturated heterocycles. The predicted octanol–water partition coefficient (Wildman–Crippen LogP) is 14.5. The Kier molecular flexibility index (Phi) is 6.36. The van der Waals surface area contributed by atoms with Crippen LogP contribution in [0.4, 0.5) is 0 Å². The molecule has 0 aromatic heterocycles. The molecule has 0 atom stereocenters. The number of fused-ring (bicyclic) bond motifs is 13. The summed E-state index contributed by atoms with van der Waals surface area (Å²) in [7, 11) is 0. The third-order valence-electron chi connectivity index (χ3n) is 12.5. The van der Waals surface area contributed by atoms with E-state index in [9.17, 15) is 0 Å². The molecule has 0 bridgehead atoms. The van der Waals surface area contributed by atoms with Crippen LogP contribution in [0.25, 0.3) is 88.0 Å². The third-order valence-corrected chi connectivity index (χ3v) is 12.5. The maximum Gasteiger partial charge on any atom is 0.0725 e. The van der Waals surface area contributed by atoms with Gasteiger partial charge in [0.05, 0.1) is 5.41 Å². The molecule has 0 radical (unpaired) electrons. The van der Waals surface area contributed by atoms with E-state index in [0.29, 0.717) is 0 Å². The third kappa shape index (κ3) is 4.17. The second-order valence-corrected chi connectivity index (χ2v) is 15.1. The van der Waals surface area contributed by atoms with Gasteiger partial charge in [0.25, 0.3) is 0 Å². The van der Waals surface area contributed by atoms with Gasteiger partial charge in [-0.1, -0.05) is 194 Å². The van der Waals surface area contributed by atoms with Crippen LogP contribution in [-0.2, 0) is 5.41 Å². The lowest BCUT2D eigenvalue weighted by molar-refractivity contribution is 0.795. The van der Waals surface area contributed by atoms with Gasteiger partial charge in [0, 0.05) is 0 Å². The van der Waals surface area contributed by atoms with E-state index in [1.54, 1.807) is 0 Å². The van der Waals surface area contributed by atoms with Crippen molar-refractivity contribution in [2.75, 3.05) is 0 Å². The van der Waals surface area contributed by atoms with Crippen LogP contribution < -0.4 is 0 Å². The summed E-state index contributed by atoms with van der Waals surface area (Å²) in [6.45, 7) is 0. The lowest BCUT2D eigenvalue weighted by Gasteiger charge is -2.30. The van der Waals surface area contributed by atoms with Crippen molar-refractivity contribution in [3.05, 3.63) is 229 Å². The topological polar surface area (TPSA) is 0 Å². The highest BCUT2D eigenvalue weighted by molar-refractivity contribution is 6.13. The molecular weight excluding hydrogens is 661 g/mol. The normalized spacial score (nSPS) is 13.2. The Hall–Kier alpha value is -7.02. The Balaban J connectivity index is 1.16. The Morgan fingerprint density at radius 2 is 0.600 bits per heavy atom. The first-order valence-corrected chi connectivity index (χ1v) is 19.3. The quantitative estimate of drug-likeness (QED) is 0.173. The standard InChI is InChI=1S/C55H34/c1-3-17-39-35(13-1)15-11-22-40(39)37-27-29-38(30-28-37)42-31-32-44(43-23-12-16-36-14-2-4-18-41(36)43)48-33-50-47-21-7-10-26-53(47)55(54(50)34-49(42)48)51-24-8-5-19-45(51)46-20-6-9-25-52(46)55/h1-34H. The van der Waals surface area contributed by atoms with Gasteiger partial charge in [0.1, 0.15) is 0 Å². The van der Waals surface area contributed by atoms with Gasteiger partial charge in [-0.05, 0) is 122 Å². The second-order valence-electron chi connectivity index (χ2n) is 15.1. The van der Waals surface area contributed by atoms with E-state index in [1.807, 2.05) is 0 Å². The highest BCUT2D eigenvalue weighted by atomic mass is 14.5. The SMILES string of the molecule is c1ccc2c(c1)-c1ccccc1C21c2ccccc2-c2cc3c(-c4cccc5ccccc45)ccc(-c4ccc(-c5cccc6ccccc56)cc4)c3cc21. The average Bonchev–Trinajstić information content (AvgIpc) is 3.72. The van der Waals surface area contributed by atoms with E-state index >= 15 is 0 Å². The summed E-state index contributed by atoms with van der Waals surface area (Å²) in [6.07, 6.45) is 0. The second kappa shape index (κ2) is 11.5. The Morgan fingerprint density at radius 3 is 1.20 bits per heavy atom. The van der Waals surface area contributed by atoms with E-state index in [4.69, 9.17) is 0 Å². The number of hydrogen-bond acceptors (Lipinski definition) is 0. The van der Waals surface area contributed by atoms with Crippen LogP contribution in [0.2, 0.25) is 0 Å². The van der Waals surface area contributed by atoms with Crippen LogP contribution in [0.5, 0.6) is 0 Å². The molecule has 0 N–H and O–H groups in total. The zero-order valence-corrected chi connectivity index (χ0v) is 30.1. The van der Waals surface area contributed by atoms with Crippen molar-refractivity contribution < 1.29 is 0 Å². The van der Waals surface area contributed by atoms with Crippen LogP contribution >= 0.6 is 0 Å². The summed E-state index contributed by atoms with van der Waals surface area (Å²) < 4.78 is 0. The molecule has 0 fully saturated rings. The summed E-state index contributed by atoms with van der Waals surface area (Å²) in [5, 5.41) is 7.62. The van der Waals surface area contributed by atoms with Crippen molar-refractivity contribution in [2.24, 2.45) is 0 Å². The van der Waals surface area contributed by atoms with Crippen LogP contribution in [0.3, 0.4) is 0 Å². The average molecular weight is 695 g/mol. The minimum atomic E-state index is -0.405. The lowest BCUT2D eigenvalue weighted by Crippen LogP contribution is -2.25. The van der Waals surface area contributed by atoms with Crippen LogP contribution in [0, 0.1) is 0 Å². The first-order valence-electron chi connectivity index (χ1n) is 19.3. The fraction of sp³-hybridized carbons (Fsp3) is 0.0182. The van der Waals surface area contributed by atoms with Gasteiger partial charge in [-0.3, -0.25) is 0 Å². The summed E-state index contributed by atoms with van der Waals surface area (Å²) in [6, 6.07) is 77.1. The monoisotopic (exact) mass is 694 g/mol. The molecule has 2 aliphatic rings. The van der Waals surface area contributed by atoms with Crippen molar-refractivity contribution in [1.82, 2.24) is 0 Å². The highest BCUT2D eigenvalue weighted by Gasteiger charge is 2.51. The fourth-order valence-corrected chi connectivity index (χ4v) is 10.2. The Labute approximate surface area is 320 Å². The molecule has 10 aromatic carbocycles. The molecular formula is C55H34. The van der Waals surface area contributed by atoms with Crippen molar-refractivity contribution in [2.45, 2.75) is 5.41 Å². The first kappa shape index (κ1) is 30.4. The van der Waals surface area contributed by atoms with E-state index in [2.05, 4.69) is 206 Å². The van der Waals surface area contributed by atoms with Crippen molar-refractivity contribution in [1.29, 1.82) is 0 Å². The van der Waals surface area contributed by atoms with Crippen molar-refractivity contribution in [3.63, 3.8) is 0 Å². The molecule has 1 spiro atoms. The summed E-state index contributed by atoms with van der Waals surface area (Å²) in [4.78, 5) is 0. The maximum atomic E-state index is 2.56. The molecule has 55 heavy (non-hydrogen) atoms. The molecule has 0 unspecified atom stereocenters. The van der Waals surface area contributed by atoms with Crippen LogP contribution in [-0.4, -0.2) is 0 Å². The van der Waals surface area contributed by atoms with Gasteiger partial charge < -0.3 is 0 Å². The molecule has 0 heterocycles. The lowest BCUT2D eigenvalue weighted by atomic mass is 9.70. The van der Waals surface area contributed by atoms with Gasteiger partial charge in [-0.25, -0.2) is 0 Å². The van der Waals surface area contributed by atoms with Gasteiger partial charge in [0.2, 0.25) is 0 Å². The van der Waals surface area contributed by atoms with E-state index < -0.39 is 5.41 Å². The van der Waals surface area contributed by atoms with Gasteiger partial charge >= 0.3 is 0 Å². The largest absolute Gasteiger partial charge is 0.0725 e. The summed E-state index contributed by atoms with van der Waals surface area (Å²) in [5.74, 6) is 0. The molecule has 254 valence electrons. The van der Waals surface area contributed by atoms with Crippen molar-refractivity contribution >= 4 is 32.3 Å². The van der Waals surface area contributed by atoms with Crippen LogP contribution in [0.1, 0.15) is 22.3 Å². The predicted molar refractivity (Wildman–Crippen MR) is 232 cm³/mol. The minimum Gasteiger partial charge on any atom is -0.0619 e. The molecule has 0 saturated carbocycles. The van der Waals surface area contributed by atoms with E-state index in [-0.39, 0.29) is 0 Å². The smallest absolute Gasteiger partial charge is 0.0619 e. The zero-order chi connectivity index (χ0) is 36.1. The molecule has 0 amide bonds. The number of rotatable bonds is 3. The Bertz CT molecular complexity index is 3140. The maximum absolute atomic E-state index is 2.56. The Morgan fingerprint density at radius 1 is 0.218 bits per heavy atom. The fourth-order valence-electron chi connectivity index (χ4n) is 10.2. The van der Waals surface area contributed by atoms with Gasteiger partial charge in [-0.15, -0.1) is 0 Å². The van der Waals surface area contributed by atoms with Gasteiger partial charge in [0.15, 0.2) is 0 Å². The van der Waals surface area contributed by atoms with E-state index in [1.165, 1.54) is 110 Å². The minimum absolute atomic E-state index is 0.405. The highest BCUT2D eigenvalue weighted by Crippen LogP contribution is 2.63. The zero-order valence-electron chi connectivity index (χ0n) is 30.1. The number of benzene rings is 10. The molecule has 12 rings (SSSR count). The first-order chi connectivity index (χ1) is 27.3. The molecule has 0 aliphatic heterocycles. The molecule has 2 aliphatic carbocycles. The summed E-state index contributed by atoms with van der Waals surface area (Å²) in [5.41, 5.74) is 17.8.